The van der Waals surface area contributed by atoms with E-state index in [0.29, 0.717) is 23.0 Å². The summed E-state index contributed by atoms with van der Waals surface area (Å²) < 4.78 is 0. The van der Waals surface area contributed by atoms with E-state index in [1.54, 1.807) is 29.2 Å². The fraction of sp³-hybridized carbons (Fsp3) is 0.120. The van der Waals surface area contributed by atoms with Crippen LogP contribution in [-0.4, -0.2) is 25.9 Å². The molecule has 1 aliphatic heterocycles. The number of carbonyl (C=O) groups excluding carboxylic acids is 1. The van der Waals surface area contributed by atoms with Gasteiger partial charge in [0.25, 0.3) is 11.6 Å². The van der Waals surface area contributed by atoms with Crippen molar-refractivity contribution in [3.63, 3.8) is 0 Å². The fourth-order valence-corrected chi connectivity index (χ4v) is 4.33. The Balaban J connectivity index is 1.63. The number of amides is 1. The number of carbonyl (C=O) groups is 1. The van der Waals surface area contributed by atoms with Gasteiger partial charge >= 0.3 is 0 Å². The van der Waals surface area contributed by atoms with Gasteiger partial charge < -0.3 is 4.90 Å². The van der Waals surface area contributed by atoms with Gasteiger partial charge in [-0.2, -0.15) is 5.10 Å². The number of benzene rings is 3. The van der Waals surface area contributed by atoms with Crippen molar-refractivity contribution in [1.29, 1.82) is 0 Å². The Morgan fingerprint density at radius 1 is 1.03 bits per heavy atom. The third-order valence-corrected chi connectivity index (χ3v) is 6.13. The predicted molar refractivity (Wildman–Crippen MR) is 125 cm³/mol. The summed E-state index contributed by atoms with van der Waals surface area (Å²) in [7, 11) is 0. The largest absolute Gasteiger partial charge is 0.322 e. The van der Waals surface area contributed by atoms with E-state index >= 15 is 0 Å². The molecule has 1 atom stereocenters. The lowest BCUT2D eigenvalue weighted by molar-refractivity contribution is -0.384. The molecule has 3 aromatic carbocycles. The number of hydrogen-bond donors (Lipinski definition) is 1. The van der Waals surface area contributed by atoms with Gasteiger partial charge in [-0.25, -0.2) is 0 Å². The van der Waals surface area contributed by atoms with Crippen LogP contribution in [-0.2, 0) is 6.54 Å². The molecule has 0 saturated carbocycles. The normalized spacial score (nSPS) is 15.0. The Morgan fingerprint density at radius 2 is 1.70 bits per heavy atom. The van der Waals surface area contributed by atoms with Gasteiger partial charge in [-0.05, 0) is 42.3 Å². The second-order valence-corrected chi connectivity index (χ2v) is 8.47. The predicted octanol–water partition coefficient (Wildman–Crippen LogP) is 5.69. The topological polar surface area (TPSA) is 92.1 Å². The summed E-state index contributed by atoms with van der Waals surface area (Å²) in [6, 6.07) is 21.2. The average Bonchev–Trinajstić information content (AvgIpc) is 3.35. The Labute approximate surface area is 194 Å². The van der Waals surface area contributed by atoms with Crippen LogP contribution in [0.25, 0.3) is 11.3 Å². The van der Waals surface area contributed by atoms with Crippen LogP contribution >= 0.6 is 11.6 Å². The first-order valence-electron chi connectivity index (χ1n) is 10.4. The number of aromatic nitrogens is 2. The van der Waals surface area contributed by atoms with Crippen molar-refractivity contribution < 1.29 is 9.72 Å². The molecule has 1 amide bonds. The highest BCUT2D eigenvalue weighted by molar-refractivity contribution is 6.30. The zero-order valence-electron chi connectivity index (χ0n) is 17.7. The maximum Gasteiger partial charge on any atom is 0.273 e. The third kappa shape index (κ3) is 3.76. The van der Waals surface area contributed by atoms with E-state index in [-0.39, 0.29) is 11.6 Å². The number of fused-ring (bicyclic) bond motifs is 1. The molecule has 0 fully saturated rings. The summed E-state index contributed by atoms with van der Waals surface area (Å²) in [5.41, 5.74) is 5.57. The smallest absolute Gasteiger partial charge is 0.273 e. The van der Waals surface area contributed by atoms with Crippen LogP contribution in [0.5, 0.6) is 0 Å². The zero-order chi connectivity index (χ0) is 23.1. The molecular weight excluding hydrogens is 440 g/mol. The Kier molecular flexibility index (Phi) is 5.18. The maximum absolute atomic E-state index is 13.5. The molecule has 4 aromatic rings. The van der Waals surface area contributed by atoms with Crippen molar-refractivity contribution in [3.05, 3.63) is 116 Å². The molecule has 0 aliphatic carbocycles. The average molecular weight is 459 g/mol. The second kappa shape index (κ2) is 8.18. The monoisotopic (exact) mass is 458 g/mol. The second-order valence-electron chi connectivity index (χ2n) is 8.04. The number of non-ortho nitro benzene ring substituents is 1. The summed E-state index contributed by atoms with van der Waals surface area (Å²) in [6.07, 6.45) is 0. The van der Waals surface area contributed by atoms with Gasteiger partial charge in [-0.15, -0.1) is 0 Å². The fourth-order valence-electron chi connectivity index (χ4n) is 4.20. The van der Waals surface area contributed by atoms with Gasteiger partial charge in [0, 0.05) is 34.8 Å². The summed E-state index contributed by atoms with van der Waals surface area (Å²) in [6.45, 7) is 2.41. The molecule has 5 rings (SSSR count). The Hall–Kier alpha value is -3.97. The number of hydrogen-bond acceptors (Lipinski definition) is 4. The van der Waals surface area contributed by atoms with Gasteiger partial charge in [0.1, 0.15) is 5.69 Å². The van der Waals surface area contributed by atoms with E-state index < -0.39 is 11.0 Å². The Bertz CT molecular complexity index is 1350. The number of nitrogens with one attached hydrogen (secondary N) is 1. The van der Waals surface area contributed by atoms with Crippen LogP contribution in [0.3, 0.4) is 0 Å². The number of aromatic amines is 1. The minimum Gasteiger partial charge on any atom is -0.322 e. The highest BCUT2D eigenvalue weighted by atomic mass is 35.5. The van der Waals surface area contributed by atoms with Crippen molar-refractivity contribution >= 4 is 23.2 Å². The van der Waals surface area contributed by atoms with Crippen molar-refractivity contribution in [3.8, 4) is 11.3 Å². The standard InChI is InChI=1S/C25H19ClN4O3/c1-15-2-4-16(5-3-15)14-29-24(18-8-12-20(13-9-18)30(32)33)21-22(27-28-23(21)25(29)31)17-6-10-19(26)11-7-17/h2-13,24H,14H2,1H3,(H,27,28). The lowest BCUT2D eigenvalue weighted by atomic mass is 9.95. The highest BCUT2D eigenvalue weighted by Gasteiger charge is 2.42. The third-order valence-electron chi connectivity index (χ3n) is 5.87. The van der Waals surface area contributed by atoms with E-state index in [2.05, 4.69) is 10.2 Å². The van der Waals surface area contributed by atoms with Crippen molar-refractivity contribution in [2.75, 3.05) is 0 Å². The number of nitro benzene ring substituents is 1. The van der Waals surface area contributed by atoms with Crippen LogP contribution < -0.4 is 0 Å². The molecule has 1 N–H and O–H groups in total. The molecule has 1 aromatic heterocycles. The number of rotatable bonds is 5. The number of halogens is 1. The van der Waals surface area contributed by atoms with Crippen LogP contribution in [0.15, 0.2) is 72.8 Å². The van der Waals surface area contributed by atoms with Gasteiger partial charge in [-0.3, -0.25) is 20.0 Å². The van der Waals surface area contributed by atoms with Crippen LogP contribution in [0.4, 0.5) is 5.69 Å². The molecule has 0 bridgehead atoms. The summed E-state index contributed by atoms with van der Waals surface area (Å²) in [5.74, 6) is -0.165. The van der Waals surface area contributed by atoms with Gasteiger partial charge in [0.05, 0.1) is 16.7 Å². The molecular formula is C25H19ClN4O3. The van der Waals surface area contributed by atoms with Gasteiger partial charge in [-0.1, -0.05) is 53.6 Å². The minimum absolute atomic E-state index is 0.00139. The minimum atomic E-state index is -0.445. The number of nitro groups is 1. The summed E-state index contributed by atoms with van der Waals surface area (Å²) >= 11 is 6.06. The Morgan fingerprint density at radius 3 is 2.33 bits per heavy atom. The highest BCUT2D eigenvalue weighted by Crippen LogP contribution is 2.43. The van der Waals surface area contributed by atoms with E-state index in [4.69, 9.17) is 11.6 Å². The molecule has 1 aliphatic rings. The van der Waals surface area contributed by atoms with Crippen molar-refractivity contribution in [2.45, 2.75) is 19.5 Å². The van der Waals surface area contributed by atoms with E-state index in [0.717, 1.165) is 27.8 Å². The lowest BCUT2D eigenvalue weighted by Gasteiger charge is -2.26. The first kappa shape index (κ1) is 20.9. The SMILES string of the molecule is Cc1ccc(CN2C(=O)c3[nH]nc(-c4ccc(Cl)cc4)c3C2c2ccc([N+](=O)[O-])cc2)cc1. The first-order chi connectivity index (χ1) is 15.9. The van der Waals surface area contributed by atoms with Gasteiger partial charge in [0.15, 0.2) is 0 Å². The molecule has 33 heavy (non-hydrogen) atoms. The molecule has 7 nitrogen and oxygen atoms in total. The summed E-state index contributed by atoms with van der Waals surface area (Å²) in [4.78, 5) is 25.9. The summed E-state index contributed by atoms with van der Waals surface area (Å²) in [5, 5.41) is 19.1. The zero-order valence-corrected chi connectivity index (χ0v) is 18.4. The van der Waals surface area contributed by atoms with Gasteiger partial charge in [0.2, 0.25) is 0 Å². The van der Waals surface area contributed by atoms with Crippen LogP contribution in [0, 0.1) is 17.0 Å². The van der Waals surface area contributed by atoms with Crippen LogP contribution in [0.2, 0.25) is 5.02 Å². The van der Waals surface area contributed by atoms with Crippen LogP contribution in [0.1, 0.15) is 38.8 Å². The van der Waals surface area contributed by atoms with E-state index in [9.17, 15) is 14.9 Å². The maximum atomic E-state index is 13.5. The quantitative estimate of drug-likeness (QED) is 0.307. The molecule has 2 heterocycles. The van der Waals surface area contributed by atoms with E-state index in [1.807, 2.05) is 43.3 Å². The number of nitrogens with zero attached hydrogens (tertiary/aromatic N) is 3. The lowest BCUT2D eigenvalue weighted by Crippen LogP contribution is -2.29. The van der Waals surface area contributed by atoms with Crippen molar-refractivity contribution in [1.82, 2.24) is 15.1 Å². The molecule has 8 heteroatoms. The number of aryl methyl sites for hydroxylation is 1. The molecule has 164 valence electrons. The first-order valence-corrected chi connectivity index (χ1v) is 10.8. The van der Waals surface area contributed by atoms with E-state index in [1.165, 1.54) is 12.1 Å². The van der Waals surface area contributed by atoms with Crippen molar-refractivity contribution in [2.24, 2.45) is 0 Å². The molecule has 0 saturated heterocycles. The molecule has 0 spiro atoms. The number of H-pyrrole nitrogens is 1. The molecule has 1 unspecified atom stereocenters. The molecule has 0 radical (unpaired) electrons.